The molecule has 0 aromatic heterocycles. The maximum atomic E-state index is 10.9. The standard InChI is InChI=1S/C12H19N3O2/c1-2-3-4-5-11-14-7-9-15(11,8-6-13)10-12(16)17/h2,7,9H,1,3-6,8,10,13H2/p+1. The molecule has 0 aromatic rings. The molecule has 0 bridgehead atoms. The van der Waals surface area contributed by atoms with E-state index in [9.17, 15) is 4.79 Å². The number of amidine groups is 1. The van der Waals surface area contributed by atoms with Crippen molar-refractivity contribution in [1.29, 1.82) is 0 Å². The highest BCUT2D eigenvalue weighted by Gasteiger charge is 2.36. The van der Waals surface area contributed by atoms with Gasteiger partial charge in [0.15, 0.2) is 6.54 Å². The lowest BCUT2D eigenvalue weighted by Gasteiger charge is -2.30. The van der Waals surface area contributed by atoms with Gasteiger partial charge in [0.25, 0.3) is 0 Å². The van der Waals surface area contributed by atoms with E-state index in [1.807, 2.05) is 12.3 Å². The Labute approximate surface area is 102 Å². The van der Waals surface area contributed by atoms with Crippen LogP contribution in [0.15, 0.2) is 30.0 Å². The molecule has 0 saturated carbocycles. The van der Waals surface area contributed by atoms with E-state index in [-0.39, 0.29) is 11.0 Å². The number of aliphatic imine (C=N–C) groups is 1. The average Bonchev–Trinajstić information content (AvgIpc) is 2.61. The van der Waals surface area contributed by atoms with Crippen LogP contribution in [0.3, 0.4) is 0 Å². The Kier molecular flexibility index (Phi) is 5.06. The molecule has 0 radical (unpaired) electrons. The number of rotatable bonds is 8. The highest BCUT2D eigenvalue weighted by Crippen LogP contribution is 2.20. The van der Waals surface area contributed by atoms with Gasteiger partial charge < -0.3 is 10.8 Å². The summed E-state index contributed by atoms with van der Waals surface area (Å²) in [4.78, 5) is 15.2. The van der Waals surface area contributed by atoms with Gasteiger partial charge in [-0.05, 0) is 12.8 Å². The summed E-state index contributed by atoms with van der Waals surface area (Å²) in [6, 6.07) is 0. The SMILES string of the molecule is C=CCCCC1=NC=C[N+]1(CCN)CC(=O)O. The second kappa shape index (κ2) is 6.32. The Morgan fingerprint density at radius 3 is 3.00 bits per heavy atom. The molecule has 0 spiro atoms. The smallest absolute Gasteiger partial charge is 0.360 e. The van der Waals surface area contributed by atoms with Crippen molar-refractivity contribution in [3.8, 4) is 0 Å². The van der Waals surface area contributed by atoms with E-state index < -0.39 is 5.97 Å². The molecule has 1 aliphatic heterocycles. The maximum absolute atomic E-state index is 10.9. The number of carboxylic acid groups (broad SMARTS) is 1. The predicted octanol–water partition coefficient (Wildman–Crippen LogP) is 1.09. The largest absolute Gasteiger partial charge is 0.477 e. The monoisotopic (exact) mass is 238 g/mol. The fraction of sp³-hybridized carbons (Fsp3) is 0.500. The third kappa shape index (κ3) is 3.51. The predicted molar refractivity (Wildman–Crippen MR) is 67.3 cm³/mol. The van der Waals surface area contributed by atoms with Crippen molar-refractivity contribution in [2.75, 3.05) is 19.6 Å². The van der Waals surface area contributed by atoms with Gasteiger partial charge in [-0.3, -0.25) is 0 Å². The minimum absolute atomic E-state index is 0.0145. The summed E-state index contributed by atoms with van der Waals surface area (Å²) in [6.45, 7) is 4.71. The molecule has 1 heterocycles. The van der Waals surface area contributed by atoms with Crippen LogP contribution in [0.1, 0.15) is 19.3 Å². The van der Waals surface area contributed by atoms with Crippen LogP contribution in [0.25, 0.3) is 0 Å². The van der Waals surface area contributed by atoms with Gasteiger partial charge in [-0.2, -0.15) is 0 Å². The van der Waals surface area contributed by atoms with Gasteiger partial charge in [-0.25, -0.2) is 14.3 Å². The van der Waals surface area contributed by atoms with Crippen LogP contribution in [0.2, 0.25) is 0 Å². The molecular formula is C12H20N3O2+. The normalized spacial score (nSPS) is 22.5. The van der Waals surface area contributed by atoms with Crippen molar-refractivity contribution in [1.82, 2.24) is 0 Å². The van der Waals surface area contributed by atoms with E-state index in [2.05, 4.69) is 11.6 Å². The fourth-order valence-corrected chi connectivity index (χ4v) is 2.04. The molecular weight excluding hydrogens is 218 g/mol. The van der Waals surface area contributed by atoms with Crippen LogP contribution >= 0.6 is 0 Å². The van der Waals surface area contributed by atoms with Crippen molar-refractivity contribution in [2.45, 2.75) is 19.3 Å². The number of hydrogen-bond acceptors (Lipinski definition) is 3. The van der Waals surface area contributed by atoms with Gasteiger partial charge in [0.2, 0.25) is 5.84 Å². The van der Waals surface area contributed by atoms with E-state index >= 15 is 0 Å². The first-order chi connectivity index (χ1) is 8.14. The Bertz CT molecular complexity index is 350. The molecule has 1 atom stereocenters. The summed E-state index contributed by atoms with van der Waals surface area (Å²) in [6.07, 6.45) is 8.00. The zero-order valence-corrected chi connectivity index (χ0v) is 10.0. The average molecular weight is 238 g/mol. The van der Waals surface area contributed by atoms with Crippen LogP contribution in [-0.2, 0) is 4.79 Å². The maximum Gasteiger partial charge on any atom is 0.360 e. The van der Waals surface area contributed by atoms with Gasteiger partial charge in [0, 0.05) is 13.0 Å². The van der Waals surface area contributed by atoms with Gasteiger partial charge >= 0.3 is 5.97 Å². The third-order valence-corrected chi connectivity index (χ3v) is 2.84. The molecule has 5 nitrogen and oxygen atoms in total. The highest BCUT2D eigenvalue weighted by molar-refractivity contribution is 5.81. The molecule has 0 fully saturated rings. The topological polar surface area (TPSA) is 75.7 Å². The van der Waals surface area contributed by atoms with Crippen LogP contribution < -0.4 is 5.73 Å². The number of quaternary nitrogens is 1. The quantitative estimate of drug-likeness (QED) is 0.377. The van der Waals surface area contributed by atoms with E-state index in [4.69, 9.17) is 10.8 Å². The van der Waals surface area contributed by atoms with Crippen molar-refractivity contribution < 1.29 is 14.4 Å². The van der Waals surface area contributed by atoms with Gasteiger partial charge in [0.05, 0.1) is 6.20 Å². The lowest BCUT2D eigenvalue weighted by atomic mass is 10.2. The summed E-state index contributed by atoms with van der Waals surface area (Å²) in [5, 5.41) is 8.99. The van der Waals surface area contributed by atoms with Crippen LogP contribution in [0, 0.1) is 0 Å². The second-order valence-corrected chi connectivity index (χ2v) is 4.12. The molecule has 3 N–H and O–H groups in total. The van der Waals surface area contributed by atoms with Gasteiger partial charge in [-0.15, -0.1) is 6.58 Å². The Morgan fingerprint density at radius 1 is 1.65 bits per heavy atom. The number of nitrogens with zero attached hydrogens (tertiary/aromatic N) is 2. The molecule has 5 heteroatoms. The first-order valence-electron chi connectivity index (χ1n) is 5.79. The number of carbonyl (C=O) groups is 1. The summed E-state index contributed by atoms with van der Waals surface area (Å²) in [5.41, 5.74) is 5.57. The highest BCUT2D eigenvalue weighted by atomic mass is 16.4. The zero-order chi connectivity index (χ0) is 12.7. The summed E-state index contributed by atoms with van der Waals surface area (Å²) >= 11 is 0. The summed E-state index contributed by atoms with van der Waals surface area (Å²) < 4.78 is 0.267. The van der Waals surface area contributed by atoms with Crippen molar-refractivity contribution >= 4 is 11.8 Å². The van der Waals surface area contributed by atoms with Crippen LogP contribution in [-0.4, -0.2) is 41.0 Å². The minimum atomic E-state index is -0.832. The van der Waals surface area contributed by atoms with E-state index in [0.29, 0.717) is 13.1 Å². The number of aliphatic carboxylic acids is 1. The van der Waals surface area contributed by atoms with E-state index in [0.717, 1.165) is 25.1 Å². The van der Waals surface area contributed by atoms with Crippen LogP contribution in [0.5, 0.6) is 0 Å². The second-order valence-electron chi connectivity index (χ2n) is 4.12. The molecule has 1 aliphatic rings. The van der Waals surface area contributed by atoms with Crippen LogP contribution in [0.4, 0.5) is 0 Å². The number of hydrogen-bond donors (Lipinski definition) is 2. The first-order valence-corrected chi connectivity index (χ1v) is 5.79. The Hall–Kier alpha value is -1.46. The Morgan fingerprint density at radius 2 is 2.41 bits per heavy atom. The lowest BCUT2D eigenvalue weighted by molar-refractivity contribution is -0.778. The first kappa shape index (κ1) is 13.6. The van der Waals surface area contributed by atoms with Crippen molar-refractivity contribution in [3.05, 3.63) is 25.1 Å². The molecule has 0 aromatic carbocycles. The lowest BCUT2D eigenvalue weighted by Crippen LogP contribution is -2.52. The fourth-order valence-electron chi connectivity index (χ4n) is 2.04. The number of nitrogens with two attached hydrogens (primary N) is 1. The molecule has 17 heavy (non-hydrogen) atoms. The molecule has 94 valence electrons. The minimum Gasteiger partial charge on any atom is -0.477 e. The van der Waals surface area contributed by atoms with E-state index in [1.165, 1.54) is 0 Å². The molecule has 0 aliphatic carbocycles. The number of carboxylic acids is 1. The van der Waals surface area contributed by atoms with Gasteiger partial charge in [0.1, 0.15) is 12.7 Å². The molecule has 0 amide bonds. The molecule has 1 unspecified atom stereocenters. The summed E-state index contributed by atoms with van der Waals surface area (Å²) in [7, 11) is 0. The molecule has 0 saturated heterocycles. The Balaban J connectivity index is 2.73. The zero-order valence-electron chi connectivity index (χ0n) is 10.0. The molecule has 1 rings (SSSR count). The number of allylic oxidation sites excluding steroid dienone is 1. The van der Waals surface area contributed by atoms with E-state index in [1.54, 1.807) is 6.20 Å². The van der Waals surface area contributed by atoms with Crippen molar-refractivity contribution in [3.63, 3.8) is 0 Å². The third-order valence-electron chi connectivity index (χ3n) is 2.84. The van der Waals surface area contributed by atoms with Crippen molar-refractivity contribution in [2.24, 2.45) is 10.7 Å². The number of unbranched alkanes of at least 4 members (excludes halogenated alkanes) is 1. The van der Waals surface area contributed by atoms with Gasteiger partial charge in [-0.1, -0.05) is 6.08 Å². The summed E-state index contributed by atoms with van der Waals surface area (Å²) in [5.74, 6) is 0.0566.